The van der Waals surface area contributed by atoms with Crippen LogP contribution >= 0.6 is 11.8 Å². The van der Waals surface area contributed by atoms with Crippen molar-refractivity contribution < 1.29 is 13.2 Å². The summed E-state index contributed by atoms with van der Waals surface area (Å²) < 4.78 is 26.5. The van der Waals surface area contributed by atoms with Crippen LogP contribution in [0.1, 0.15) is 30.5 Å². The molecule has 0 saturated carbocycles. The first-order valence-electron chi connectivity index (χ1n) is 8.74. The first-order valence-corrected chi connectivity index (χ1v) is 11.4. The highest BCUT2D eigenvalue weighted by Crippen LogP contribution is 2.21. The second-order valence-electron chi connectivity index (χ2n) is 6.32. The van der Waals surface area contributed by atoms with Crippen LogP contribution in [0.4, 0.5) is 0 Å². The van der Waals surface area contributed by atoms with Crippen LogP contribution in [-0.2, 0) is 14.8 Å². The van der Waals surface area contributed by atoms with Crippen molar-refractivity contribution in [1.29, 1.82) is 0 Å². The summed E-state index contributed by atoms with van der Waals surface area (Å²) in [6.07, 6.45) is 2.65. The van der Waals surface area contributed by atoms with Gasteiger partial charge in [-0.2, -0.15) is 4.31 Å². The minimum Gasteiger partial charge on any atom is -0.348 e. The summed E-state index contributed by atoms with van der Waals surface area (Å²) in [5.41, 5.74) is 2.14. The van der Waals surface area contributed by atoms with E-state index in [1.54, 1.807) is 36.0 Å². The van der Waals surface area contributed by atoms with Gasteiger partial charge in [-0.3, -0.25) is 4.79 Å². The Labute approximate surface area is 166 Å². The molecule has 2 aromatic rings. The summed E-state index contributed by atoms with van der Waals surface area (Å²) in [5.74, 6) is -0.322. The Bertz CT molecular complexity index is 880. The van der Waals surface area contributed by atoms with Crippen molar-refractivity contribution in [3.8, 4) is 0 Å². The molecular weight excluding hydrogens is 380 g/mol. The number of amides is 1. The predicted octanol–water partition coefficient (Wildman–Crippen LogP) is 3.60. The van der Waals surface area contributed by atoms with Crippen LogP contribution in [0, 0.1) is 6.92 Å². The Morgan fingerprint density at radius 3 is 2.33 bits per heavy atom. The number of likely N-dealkylation sites (N-methyl/N-ethyl adjacent to an activating group) is 1. The molecule has 0 aliphatic carbocycles. The number of carbonyl (C=O) groups is 1. The van der Waals surface area contributed by atoms with Gasteiger partial charge in [0.05, 0.1) is 17.5 Å². The lowest BCUT2D eigenvalue weighted by Crippen LogP contribution is -2.39. The minimum atomic E-state index is -3.71. The Morgan fingerprint density at radius 2 is 1.78 bits per heavy atom. The van der Waals surface area contributed by atoms with Crippen LogP contribution in [0.3, 0.4) is 0 Å². The van der Waals surface area contributed by atoms with Crippen LogP contribution in [0.15, 0.2) is 58.3 Å². The van der Waals surface area contributed by atoms with E-state index in [0.29, 0.717) is 0 Å². The van der Waals surface area contributed by atoms with E-state index in [1.165, 1.54) is 7.05 Å². The summed E-state index contributed by atoms with van der Waals surface area (Å²) in [7, 11) is -2.29. The molecule has 0 heterocycles. The largest absolute Gasteiger partial charge is 0.348 e. The van der Waals surface area contributed by atoms with Crippen LogP contribution in [0.2, 0.25) is 0 Å². The fraction of sp³-hybridized carbons (Fsp3) is 0.350. The maximum Gasteiger partial charge on any atom is 0.243 e. The van der Waals surface area contributed by atoms with E-state index >= 15 is 0 Å². The smallest absolute Gasteiger partial charge is 0.243 e. The number of benzene rings is 2. The Morgan fingerprint density at radius 1 is 1.15 bits per heavy atom. The summed E-state index contributed by atoms with van der Waals surface area (Å²) in [6, 6.07) is 14.4. The second-order valence-corrected chi connectivity index (χ2v) is 9.25. The maximum atomic E-state index is 12.7. The van der Waals surface area contributed by atoms with E-state index in [1.807, 2.05) is 44.4 Å². The number of hydrogen-bond donors (Lipinski definition) is 1. The summed E-state index contributed by atoms with van der Waals surface area (Å²) >= 11 is 1.54. The third-order valence-corrected chi connectivity index (χ3v) is 7.00. The molecule has 0 fully saturated rings. The number of hydrogen-bond acceptors (Lipinski definition) is 4. The molecule has 1 N–H and O–H groups in total. The van der Waals surface area contributed by atoms with E-state index in [-0.39, 0.29) is 23.4 Å². The predicted molar refractivity (Wildman–Crippen MR) is 110 cm³/mol. The average molecular weight is 407 g/mol. The monoisotopic (exact) mass is 406 g/mol. The van der Waals surface area contributed by atoms with Crippen molar-refractivity contribution in [2.75, 3.05) is 19.8 Å². The van der Waals surface area contributed by atoms with E-state index in [4.69, 9.17) is 0 Å². The summed E-state index contributed by atoms with van der Waals surface area (Å²) in [5, 5.41) is 2.95. The first kappa shape index (κ1) is 21.5. The molecule has 0 aliphatic rings. The number of carbonyl (C=O) groups excluding carboxylic acids is 1. The third-order valence-electron chi connectivity index (χ3n) is 4.44. The molecule has 5 nitrogen and oxygen atoms in total. The molecule has 146 valence electrons. The number of sulfonamides is 1. The van der Waals surface area contributed by atoms with Crippen molar-refractivity contribution in [1.82, 2.24) is 9.62 Å². The van der Waals surface area contributed by atoms with Gasteiger partial charge >= 0.3 is 0 Å². The quantitative estimate of drug-likeness (QED) is 0.680. The molecule has 0 unspecified atom stereocenters. The van der Waals surface area contributed by atoms with E-state index in [0.717, 1.165) is 26.7 Å². The van der Waals surface area contributed by atoms with Crippen molar-refractivity contribution in [2.24, 2.45) is 0 Å². The highest BCUT2D eigenvalue weighted by atomic mass is 32.2. The zero-order valence-electron chi connectivity index (χ0n) is 16.1. The molecule has 0 aromatic heterocycles. The van der Waals surface area contributed by atoms with Crippen LogP contribution in [0.25, 0.3) is 0 Å². The van der Waals surface area contributed by atoms with Gasteiger partial charge in [-0.05, 0) is 55.0 Å². The SMILES string of the molecule is CC[C@@H](NC(=O)CN(C)S(=O)(=O)c1ccc(SC)cc1)c1ccccc1C. The standard InChI is InChI=1S/C20H26N2O3S2/c1-5-19(18-9-7-6-8-15(18)2)21-20(23)14-22(3)27(24,25)17-12-10-16(26-4)11-13-17/h6-13,19H,5,14H2,1-4H3,(H,21,23)/t19-/m1/s1. The molecule has 2 aromatic carbocycles. The average Bonchev–Trinajstić information content (AvgIpc) is 2.66. The molecular formula is C20H26N2O3S2. The number of nitrogens with one attached hydrogen (secondary N) is 1. The lowest BCUT2D eigenvalue weighted by Gasteiger charge is -2.22. The number of nitrogens with zero attached hydrogens (tertiary/aromatic N) is 1. The molecule has 27 heavy (non-hydrogen) atoms. The van der Waals surface area contributed by atoms with E-state index in [9.17, 15) is 13.2 Å². The van der Waals surface area contributed by atoms with Gasteiger partial charge in [-0.15, -0.1) is 11.8 Å². The van der Waals surface area contributed by atoms with E-state index < -0.39 is 10.0 Å². The highest BCUT2D eigenvalue weighted by molar-refractivity contribution is 7.98. The zero-order valence-corrected chi connectivity index (χ0v) is 17.7. The highest BCUT2D eigenvalue weighted by Gasteiger charge is 2.24. The third kappa shape index (κ3) is 5.34. The van der Waals surface area contributed by atoms with Gasteiger partial charge in [0.2, 0.25) is 15.9 Å². The zero-order chi connectivity index (χ0) is 20.0. The van der Waals surface area contributed by atoms with Gasteiger partial charge in [0, 0.05) is 11.9 Å². The number of thioether (sulfide) groups is 1. The topological polar surface area (TPSA) is 66.5 Å². The molecule has 0 radical (unpaired) electrons. The Kier molecular flexibility index (Phi) is 7.47. The van der Waals surface area contributed by atoms with Crippen molar-refractivity contribution in [3.63, 3.8) is 0 Å². The number of rotatable bonds is 8. The summed E-state index contributed by atoms with van der Waals surface area (Å²) in [4.78, 5) is 13.6. The van der Waals surface area contributed by atoms with Gasteiger partial charge in [0.15, 0.2) is 0 Å². The maximum absolute atomic E-state index is 12.7. The van der Waals surface area contributed by atoms with Crippen LogP contribution in [-0.4, -0.2) is 38.5 Å². The van der Waals surface area contributed by atoms with Gasteiger partial charge in [0.25, 0.3) is 0 Å². The van der Waals surface area contributed by atoms with Gasteiger partial charge in [-0.1, -0.05) is 31.2 Å². The normalized spacial score (nSPS) is 12.8. The van der Waals surface area contributed by atoms with Crippen molar-refractivity contribution in [3.05, 3.63) is 59.7 Å². The second kappa shape index (κ2) is 9.39. The molecule has 1 amide bonds. The fourth-order valence-electron chi connectivity index (χ4n) is 2.83. The molecule has 0 saturated heterocycles. The molecule has 0 aliphatic heterocycles. The number of aryl methyl sites for hydroxylation is 1. The molecule has 1 atom stereocenters. The van der Waals surface area contributed by atoms with Crippen LogP contribution < -0.4 is 5.32 Å². The first-order chi connectivity index (χ1) is 12.8. The van der Waals surface area contributed by atoms with E-state index in [2.05, 4.69) is 5.32 Å². The lowest BCUT2D eigenvalue weighted by molar-refractivity contribution is -0.121. The minimum absolute atomic E-state index is 0.143. The fourth-order valence-corrected chi connectivity index (χ4v) is 4.37. The molecule has 2 rings (SSSR count). The van der Waals surface area contributed by atoms with Crippen molar-refractivity contribution in [2.45, 2.75) is 36.1 Å². The molecule has 7 heteroatoms. The van der Waals surface area contributed by atoms with Gasteiger partial charge in [0.1, 0.15) is 0 Å². The summed E-state index contributed by atoms with van der Waals surface area (Å²) in [6.45, 7) is 3.76. The van der Waals surface area contributed by atoms with Gasteiger partial charge in [-0.25, -0.2) is 8.42 Å². The van der Waals surface area contributed by atoms with Crippen molar-refractivity contribution >= 4 is 27.7 Å². The van der Waals surface area contributed by atoms with Crippen LogP contribution in [0.5, 0.6) is 0 Å². The molecule has 0 bridgehead atoms. The lowest BCUT2D eigenvalue weighted by atomic mass is 9.99. The Hall–Kier alpha value is -1.83. The Balaban J connectivity index is 2.08. The van der Waals surface area contributed by atoms with Gasteiger partial charge < -0.3 is 5.32 Å². The molecule has 0 spiro atoms.